The molecule has 0 aromatic heterocycles. The van der Waals surface area contributed by atoms with Crippen molar-refractivity contribution >= 4 is 5.69 Å². The van der Waals surface area contributed by atoms with Crippen molar-refractivity contribution in [3.05, 3.63) is 39.9 Å². The van der Waals surface area contributed by atoms with Crippen LogP contribution in [-0.2, 0) is 4.74 Å². The minimum atomic E-state index is -1.25. The molecule has 0 bridgehead atoms. The molecule has 6 heteroatoms. The number of nitro groups is 1. The van der Waals surface area contributed by atoms with E-state index in [0.717, 1.165) is 19.3 Å². The van der Waals surface area contributed by atoms with E-state index in [1.165, 1.54) is 6.07 Å². The Morgan fingerprint density at radius 1 is 1.29 bits per heavy atom. The fourth-order valence-corrected chi connectivity index (χ4v) is 2.81. The molecule has 2 N–H and O–H groups in total. The van der Waals surface area contributed by atoms with Gasteiger partial charge in [0.25, 0.3) is 5.69 Å². The van der Waals surface area contributed by atoms with Crippen molar-refractivity contribution in [2.45, 2.75) is 50.4 Å². The van der Waals surface area contributed by atoms with E-state index in [-0.39, 0.29) is 18.7 Å². The van der Waals surface area contributed by atoms with Gasteiger partial charge in [-0.1, -0.05) is 18.6 Å². The van der Waals surface area contributed by atoms with Crippen LogP contribution in [-0.4, -0.2) is 27.5 Å². The Balaban J connectivity index is 2.24. The molecular weight excluding hydrogens is 274 g/mol. The summed E-state index contributed by atoms with van der Waals surface area (Å²) in [6, 6.07) is 6.31. The lowest BCUT2D eigenvalue weighted by Gasteiger charge is -2.35. The molecule has 0 spiro atoms. The molecule has 1 fully saturated rings. The summed E-state index contributed by atoms with van der Waals surface area (Å²) in [6.45, 7) is -0.160. The highest BCUT2D eigenvalue weighted by molar-refractivity contribution is 5.41. The van der Waals surface area contributed by atoms with Crippen LogP contribution >= 0.6 is 0 Å². The molecule has 0 amide bonds. The van der Waals surface area contributed by atoms with Crippen LogP contribution < -0.4 is 0 Å². The Labute approximate surface area is 123 Å². The summed E-state index contributed by atoms with van der Waals surface area (Å²) >= 11 is 0. The number of nitrogens with zero attached hydrogens (tertiary/aromatic N) is 1. The first-order chi connectivity index (χ1) is 10.1. The SMILES string of the molecule is O=[N+]([O-])c1ccccc1C(CCO)OC1(O)CCCCC1. The predicted octanol–water partition coefficient (Wildman–Crippen LogP) is 2.69. The number of nitro benzene ring substituents is 1. The average Bonchev–Trinajstić information content (AvgIpc) is 2.47. The maximum Gasteiger partial charge on any atom is 0.275 e. The van der Waals surface area contributed by atoms with E-state index in [2.05, 4.69) is 0 Å². The molecule has 1 aromatic rings. The third-order valence-electron chi connectivity index (χ3n) is 3.87. The highest BCUT2D eigenvalue weighted by Crippen LogP contribution is 2.37. The normalized spacial score (nSPS) is 19.1. The zero-order valence-electron chi connectivity index (χ0n) is 11.9. The smallest absolute Gasteiger partial charge is 0.275 e. The number of hydrogen-bond acceptors (Lipinski definition) is 5. The fourth-order valence-electron chi connectivity index (χ4n) is 2.81. The second-order valence-corrected chi connectivity index (χ2v) is 5.44. The van der Waals surface area contributed by atoms with Crippen LogP contribution in [0.2, 0.25) is 0 Å². The minimum Gasteiger partial charge on any atom is -0.396 e. The quantitative estimate of drug-likeness (QED) is 0.478. The molecular formula is C15H21NO5. The number of benzene rings is 1. The largest absolute Gasteiger partial charge is 0.396 e. The van der Waals surface area contributed by atoms with Gasteiger partial charge in [-0.2, -0.15) is 0 Å². The van der Waals surface area contributed by atoms with Crippen LogP contribution in [0.25, 0.3) is 0 Å². The molecule has 0 radical (unpaired) electrons. The van der Waals surface area contributed by atoms with Crippen molar-refractivity contribution < 1.29 is 19.9 Å². The molecule has 0 aliphatic heterocycles. The van der Waals surface area contributed by atoms with Gasteiger partial charge < -0.3 is 14.9 Å². The van der Waals surface area contributed by atoms with Crippen LogP contribution in [0.15, 0.2) is 24.3 Å². The lowest BCUT2D eigenvalue weighted by Crippen LogP contribution is -2.36. The van der Waals surface area contributed by atoms with E-state index < -0.39 is 16.8 Å². The monoisotopic (exact) mass is 295 g/mol. The van der Waals surface area contributed by atoms with Crippen molar-refractivity contribution in [1.29, 1.82) is 0 Å². The Kier molecular flexibility index (Phi) is 5.27. The van der Waals surface area contributed by atoms with E-state index >= 15 is 0 Å². The molecule has 1 atom stereocenters. The van der Waals surface area contributed by atoms with Gasteiger partial charge in [0.2, 0.25) is 0 Å². The number of aliphatic hydroxyl groups excluding tert-OH is 1. The molecule has 2 rings (SSSR count). The number of hydrogen-bond donors (Lipinski definition) is 2. The molecule has 0 heterocycles. The maximum atomic E-state index is 11.1. The summed E-state index contributed by atoms with van der Waals surface area (Å²) in [5, 5.41) is 30.8. The second-order valence-electron chi connectivity index (χ2n) is 5.44. The van der Waals surface area contributed by atoms with Gasteiger partial charge in [0.05, 0.1) is 16.6 Å². The third kappa shape index (κ3) is 4.00. The van der Waals surface area contributed by atoms with Gasteiger partial charge in [0, 0.05) is 31.9 Å². The first-order valence-corrected chi connectivity index (χ1v) is 7.30. The van der Waals surface area contributed by atoms with Gasteiger partial charge >= 0.3 is 0 Å². The highest BCUT2D eigenvalue weighted by Gasteiger charge is 2.35. The summed E-state index contributed by atoms with van der Waals surface area (Å²) in [5.41, 5.74) is 0.353. The zero-order valence-corrected chi connectivity index (χ0v) is 11.9. The standard InChI is InChI=1S/C15H21NO5/c17-11-8-14(21-15(18)9-4-1-5-10-15)12-6-2-3-7-13(12)16(19)20/h2-3,6-7,14,17-18H,1,4-5,8-11H2. The third-order valence-corrected chi connectivity index (χ3v) is 3.87. The summed E-state index contributed by atoms with van der Waals surface area (Å²) < 4.78 is 5.79. The number of ether oxygens (including phenoxy) is 1. The molecule has 1 saturated carbocycles. The molecule has 1 aliphatic rings. The van der Waals surface area contributed by atoms with Crippen LogP contribution in [0.5, 0.6) is 0 Å². The van der Waals surface area contributed by atoms with Gasteiger partial charge in [-0.05, 0) is 18.9 Å². The molecule has 1 unspecified atom stereocenters. The molecule has 116 valence electrons. The van der Waals surface area contributed by atoms with Crippen molar-refractivity contribution in [1.82, 2.24) is 0 Å². The van der Waals surface area contributed by atoms with Crippen molar-refractivity contribution in [2.75, 3.05) is 6.61 Å². The van der Waals surface area contributed by atoms with E-state index in [9.17, 15) is 20.3 Å². The lowest BCUT2D eigenvalue weighted by molar-refractivity contribution is -0.386. The topological polar surface area (TPSA) is 92.8 Å². The van der Waals surface area contributed by atoms with Gasteiger partial charge in [0.1, 0.15) is 0 Å². The van der Waals surface area contributed by atoms with E-state index in [0.29, 0.717) is 18.4 Å². The van der Waals surface area contributed by atoms with Crippen LogP contribution in [0.4, 0.5) is 5.69 Å². The van der Waals surface area contributed by atoms with E-state index in [1.54, 1.807) is 18.2 Å². The van der Waals surface area contributed by atoms with Crippen molar-refractivity contribution in [3.63, 3.8) is 0 Å². The van der Waals surface area contributed by atoms with Gasteiger partial charge in [-0.15, -0.1) is 0 Å². The molecule has 1 aromatic carbocycles. The predicted molar refractivity (Wildman–Crippen MR) is 76.7 cm³/mol. The molecule has 6 nitrogen and oxygen atoms in total. The maximum absolute atomic E-state index is 11.1. The Bertz CT molecular complexity index is 485. The fraction of sp³-hybridized carbons (Fsp3) is 0.600. The van der Waals surface area contributed by atoms with Crippen LogP contribution in [0, 0.1) is 10.1 Å². The van der Waals surface area contributed by atoms with E-state index in [1.807, 2.05) is 0 Å². The number of rotatable bonds is 6. The van der Waals surface area contributed by atoms with Gasteiger partial charge in [0.15, 0.2) is 5.79 Å². The lowest BCUT2D eigenvalue weighted by atomic mass is 9.93. The van der Waals surface area contributed by atoms with Gasteiger partial charge in [-0.25, -0.2) is 0 Å². The second kappa shape index (κ2) is 6.98. The molecule has 0 saturated heterocycles. The Morgan fingerprint density at radius 2 is 1.95 bits per heavy atom. The van der Waals surface area contributed by atoms with Gasteiger partial charge in [-0.3, -0.25) is 10.1 Å². The Morgan fingerprint density at radius 3 is 2.57 bits per heavy atom. The first kappa shape index (κ1) is 15.9. The summed E-state index contributed by atoms with van der Waals surface area (Å²) in [5.74, 6) is -1.25. The van der Waals surface area contributed by atoms with Crippen molar-refractivity contribution in [3.8, 4) is 0 Å². The number of aliphatic hydroxyl groups is 2. The zero-order chi connectivity index (χ0) is 15.3. The summed E-state index contributed by atoms with van der Waals surface area (Å²) in [4.78, 5) is 10.7. The van der Waals surface area contributed by atoms with Crippen LogP contribution in [0.1, 0.15) is 50.2 Å². The average molecular weight is 295 g/mol. The number of para-hydroxylation sites is 1. The minimum absolute atomic E-state index is 0.0460. The summed E-state index contributed by atoms with van der Waals surface area (Å²) in [7, 11) is 0. The molecule has 21 heavy (non-hydrogen) atoms. The molecule has 1 aliphatic carbocycles. The highest BCUT2D eigenvalue weighted by atomic mass is 16.6. The van der Waals surface area contributed by atoms with E-state index in [4.69, 9.17) is 4.74 Å². The summed E-state index contributed by atoms with van der Waals surface area (Å²) in [6.07, 6.45) is 3.39. The van der Waals surface area contributed by atoms with Crippen LogP contribution in [0.3, 0.4) is 0 Å². The van der Waals surface area contributed by atoms with Crippen molar-refractivity contribution in [2.24, 2.45) is 0 Å². The first-order valence-electron chi connectivity index (χ1n) is 7.30. The Hall–Kier alpha value is -1.50.